The summed E-state index contributed by atoms with van der Waals surface area (Å²) < 4.78 is 11.3. The van der Waals surface area contributed by atoms with E-state index in [0.717, 1.165) is 31.1 Å². The van der Waals surface area contributed by atoms with Crippen molar-refractivity contribution in [2.75, 3.05) is 26.3 Å². The number of likely N-dealkylation sites (tertiary alicyclic amines) is 1. The molecule has 2 aromatic carbocycles. The van der Waals surface area contributed by atoms with E-state index in [1.165, 1.54) is 5.56 Å². The van der Waals surface area contributed by atoms with Gasteiger partial charge in [0, 0.05) is 19.6 Å². The van der Waals surface area contributed by atoms with E-state index >= 15 is 0 Å². The van der Waals surface area contributed by atoms with Crippen LogP contribution in [0.25, 0.3) is 0 Å². The maximum Gasteiger partial charge on any atom is 0.138 e. The molecule has 1 aliphatic rings. The molecule has 1 fully saturated rings. The molecule has 0 aliphatic carbocycles. The van der Waals surface area contributed by atoms with E-state index in [9.17, 15) is 0 Å². The number of ether oxygens (including phenoxy) is 2. The molecule has 5 heteroatoms. The third kappa shape index (κ3) is 4.38. The molecule has 0 unspecified atom stereocenters. The highest BCUT2D eigenvalue weighted by Gasteiger charge is 2.28. The number of para-hydroxylation sites is 1. The molecule has 0 amide bonds. The topological polar surface area (TPSA) is 41.9 Å². The minimum absolute atomic E-state index is 0.0252. The summed E-state index contributed by atoms with van der Waals surface area (Å²) in [6.07, 6.45) is 0.184. The van der Waals surface area contributed by atoms with E-state index in [2.05, 4.69) is 11.0 Å². The average molecular weight is 334 g/mol. The molecule has 0 saturated carbocycles. The summed E-state index contributed by atoms with van der Waals surface area (Å²) >= 11 is 6.10. The Kier molecular flexibility index (Phi) is 5.39. The van der Waals surface area contributed by atoms with Crippen LogP contribution in [0.4, 0.5) is 0 Å². The fraction of sp³-hybridized carbons (Fsp3) is 0.333. The second-order valence-corrected chi connectivity index (χ2v) is 5.99. The molecule has 122 valence electrons. The lowest BCUT2D eigenvalue weighted by Gasteiger charge is -2.39. The first kappa shape index (κ1) is 16.1. The minimum atomic E-state index is 0.0252. The van der Waals surface area contributed by atoms with Crippen LogP contribution in [0.5, 0.6) is 11.5 Å². The van der Waals surface area contributed by atoms with Crippen molar-refractivity contribution < 1.29 is 14.6 Å². The Morgan fingerprint density at radius 2 is 1.96 bits per heavy atom. The molecule has 0 radical (unpaired) electrons. The molecule has 1 N–H and O–H groups in total. The Balaban J connectivity index is 1.48. The van der Waals surface area contributed by atoms with E-state index in [-0.39, 0.29) is 12.7 Å². The Bertz CT molecular complexity index is 644. The maximum absolute atomic E-state index is 8.80. The van der Waals surface area contributed by atoms with Crippen LogP contribution in [0, 0.1) is 0 Å². The van der Waals surface area contributed by atoms with Crippen molar-refractivity contribution >= 4 is 11.6 Å². The van der Waals surface area contributed by atoms with E-state index in [1.807, 2.05) is 42.5 Å². The lowest BCUT2D eigenvalue weighted by Crippen LogP contribution is -2.53. The summed E-state index contributed by atoms with van der Waals surface area (Å²) in [6.45, 7) is 2.97. The lowest BCUT2D eigenvalue weighted by atomic mass is 10.1. The zero-order chi connectivity index (χ0) is 16.1. The number of hydrogen-bond acceptors (Lipinski definition) is 4. The molecule has 1 aliphatic heterocycles. The van der Waals surface area contributed by atoms with Gasteiger partial charge < -0.3 is 14.6 Å². The molecule has 0 atom stereocenters. The van der Waals surface area contributed by atoms with E-state index in [0.29, 0.717) is 11.6 Å². The third-order valence-corrected chi connectivity index (χ3v) is 4.03. The maximum atomic E-state index is 8.80. The quantitative estimate of drug-likeness (QED) is 0.846. The van der Waals surface area contributed by atoms with Crippen molar-refractivity contribution in [1.29, 1.82) is 0 Å². The van der Waals surface area contributed by atoms with Crippen LogP contribution in [-0.2, 0) is 6.54 Å². The van der Waals surface area contributed by atoms with Gasteiger partial charge in [-0.2, -0.15) is 0 Å². The third-order valence-electron chi connectivity index (χ3n) is 3.72. The smallest absolute Gasteiger partial charge is 0.138 e. The van der Waals surface area contributed by atoms with Crippen LogP contribution >= 0.6 is 11.6 Å². The zero-order valence-electron chi connectivity index (χ0n) is 12.8. The molecule has 4 nitrogen and oxygen atoms in total. The summed E-state index contributed by atoms with van der Waals surface area (Å²) in [7, 11) is 0. The number of hydrogen-bond donors (Lipinski definition) is 1. The normalized spacial score (nSPS) is 15.2. The molecule has 23 heavy (non-hydrogen) atoms. The highest BCUT2D eigenvalue weighted by Crippen LogP contribution is 2.27. The van der Waals surface area contributed by atoms with E-state index in [4.69, 9.17) is 26.2 Å². The summed E-state index contributed by atoms with van der Waals surface area (Å²) in [5.41, 5.74) is 1.19. The second kappa shape index (κ2) is 7.68. The van der Waals surface area contributed by atoms with Crippen molar-refractivity contribution in [3.05, 3.63) is 59.1 Å². The van der Waals surface area contributed by atoms with Gasteiger partial charge in [-0.25, -0.2) is 0 Å². The molecular formula is C18H20ClNO3. The van der Waals surface area contributed by atoms with Crippen LogP contribution in [-0.4, -0.2) is 42.4 Å². The van der Waals surface area contributed by atoms with Crippen LogP contribution in [0.15, 0.2) is 48.5 Å². The van der Waals surface area contributed by atoms with Gasteiger partial charge in [-0.1, -0.05) is 35.9 Å². The van der Waals surface area contributed by atoms with E-state index < -0.39 is 0 Å². The Morgan fingerprint density at radius 1 is 1.13 bits per heavy atom. The number of nitrogens with zero attached hydrogens (tertiary/aromatic N) is 1. The number of rotatable bonds is 7. The second-order valence-electron chi connectivity index (χ2n) is 5.58. The largest absolute Gasteiger partial charge is 0.491 e. The summed E-state index contributed by atoms with van der Waals surface area (Å²) in [5, 5.41) is 9.46. The van der Waals surface area contributed by atoms with Gasteiger partial charge in [0.25, 0.3) is 0 Å². The molecule has 2 aromatic rings. The monoisotopic (exact) mass is 333 g/mol. The number of aliphatic hydroxyl groups excluding tert-OH is 1. The molecule has 0 bridgehead atoms. The van der Waals surface area contributed by atoms with Crippen LogP contribution in [0.3, 0.4) is 0 Å². The highest BCUT2D eigenvalue weighted by atomic mass is 35.5. The van der Waals surface area contributed by atoms with Gasteiger partial charge in [-0.3, -0.25) is 4.90 Å². The van der Waals surface area contributed by atoms with Gasteiger partial charge in [0.2, 0.25) is 0 Å². The van der Waals surface area contributed by atoms with Crippen molar-refractivity contribution in [1.82, 2.24) is 4.90 Å². The highest BCUT2D eigenvalue weighted by molar-refractivity contribution is 6.32. The number of benzene rings is 2. The Morgan fingerprint density at radius 3 is 2.74 bits per heavy atom. The first-order valence-corrected chi connectivity index (χ1v) is 8.08. The standard InChI is InChI=1S/C18H20ClNO3/c19-17-6-1-2-7-18(17)23-16-12-20(13-16)11-14-4-3-5-15(10-14)22-9-8-21/h1-7,10,16,21H,8-9,11-13H2. The van der Waals surface area contributed by atoms with Crippen LogP contribution in [0.2, 0.25) is 5.02 Å². The predicted octanol–water partition coefficient (Wildman–Crippen LogP) is 2.97. The molecule has 0 aromatic heterocycles. The summed E-state index contributed by atoms with van der Waals surface area (Å²) in [5.74, 6) is 1.54. The van der Waals surface area contributed by atoms with Crippen molar-refractivity contribution in [2.24, 2.45) is 0 Å². The molecule has 0 spiro atoms. The van der Waals surface area contributed by atoms with Gasteiger partial charge in [-0.05, 0) is 29.8 Å². The molecule has 1 saturated heterocycles. The van der Waals surface area contributed by atoms with E-state index in [1.54, 1.807) is 0 Å². The average Bonchev–Trinajstić information content (AvgIpc) is 2.53. The van der Waals surface area contributed by atoms with Gasteiger partial charge in [-0.15, -0.1) is 0 Å². The summed E-state index contributed by atoms with van der Waals surface area (Å²) in [6, 6.07) is 15.5. The van der Waals surface area contributed by atoms with Crippen LogP contribution in [0.1, 0.15) is 5.56 Å². The van der Waals surface area contributed by atoms with Gasteiger partial charge in [0.15, 0.2) is 0 Å². The van der Waals surface area contributed by atoms with Gasteiger partial charge in [0.1, 0.15) is 24.2 Å². The van der Waals surface area contributed by atoms with Gasteiger partial charge in [0.05, 0.1) is 11.6 Å². The predicted molar refractivity (Wildman–Crippen MR) is 90.2 cm³/mol. The molecular weight excluding hydrogens is 314 g/mol. The lowest BCUT2D eigenvalue weighted by molar-refractivity contribution is 0.0146. The van der Waals surface area contributed by atoms with Crippen LogP contribution < -0.4 is 9.47 Å². The van der Waals surface area contributed by atoms with Crippen molar-refractivity contribution in [3.63, 3.8) is 0 Å². The first-order chi connectivity index (χ1) is 11.2. The van der Waals surface area contributed by atoms with Crippen molar-refractivity contribution in [2.45, 2.75) is 12.6 Å². The number of aliphatic hydroxyl groups is 1. The fourth-order valence-corrected chi connectivity index (χ4v) is 2.78. The zero-order valence-corrected chi connectivity index (χ0v) is 13.6. The van der Waals surface area contributed by atoms with Crippen molar-refractivity contribution in [3.8, 4) is 11.5 Å². The first-order valence-electron chi connectivity index (χ1n) is 7.71. The Hall–Kier alpha value is -1.75. The Labute approximate surface area is 141 Å². The molecule has 1 heterocycles. The number of halogens is 1. The summed E-state index contributed by atoms with van der Waals surface area (Å²) in [4.78, 5) is 2.31. The SMILES string of the molecule is OCCOc1cccc(CN2CC(Oc3ccccc3Cl)C2)c1. The fourth-order valence-electron chi connectivity index (χ4n) is 2.60. The molecule has 3 rings (SSSR count). The van der Waals surface area contributed by atoms with Gasteiger partial charge >= 0.3 is 0 Å². The minimum Gasteiger partial charge on any atom is -0.491 e.